The normalized spacial score (nSPS) is 10.6. The molecule has 1 amide bonds. The number of hydrogen-bond donors (Lipinski definition) is 1. The van der Waals surface area contributed by atoms with Crippen molar-refractivity contribution in [2.75, 3.05) is 18.9 Å². The summed E-state index contributed by atoms with van der Waals surface area (Å²) in [6.45, 7) is 0.751. The van der Waals surface area contributed by atoms with Gasteiger partial charge in [0.15, 0.2) is 0 Å². The highest BCUT2D eigenvalue weighted by Crippen LogP contribution is 2.24. The van der Waals surface area contributed by atoms with Gasteiger partial charge in [-0.2, -0.15) is 0 Å². The summed E-state index contributed by atoms with van der Waals surface area (Å²) in [5, 5.41) is 12.3. The topological polar surface area (TPSA) is 77.2 Å². The molecule has 2 aromatic carbocycles. The summed E-state index contributed by atoms with van der Waals surface area (Å²) in [4.78, 5) is 11.9. The minimum absolute atomic E-state index is 0.147. The summed E-state index contributed by atoms with van der Waals surface area (Å²) >= 11 is 12.8. The molecule has 0 aliphatic heterocycles. The van der Waals surface area contributed by atoms with Gasteiger partial charge in [-0.05, 0) is 48.5 Å². The lowest BCUT2D eigenvalue weighted by Crippen LogP contribution is -2.29. The predicted molar refractivity (Wildman–Crippen MR) is 105 cm³/mol. The molecule has 3 rings (SSSR count). The SMILES string of the molecule is O=C(CSc1nnc(-c2ccc(Cl)cc2)o1)NCCOc1ccc(Cl)cc1. The molecular weight excluding hydrogens is 409 g/mol. The van der Waals surface area contributed by atoms with Crippen LogP contribution in [0, 0.1) is 0 Å². The lowest BCUT2D eigenvalue weighted by molar-refractivity contribution is -0.118. The molecule has 27 heavy (non-hydrogen) atoms. The smallest absolute Gasteiger partial charge is 0.277 e. The van der Waals surface area contributed by atoms with E-state index in [0.29, 0.717) is 40.1 Å². The summed E-state index contributed by atoms with van der Waals surface area (Å²) < 4.78 is 11.0. The van der Waals surface area contributed by atoms with E-state index in [0.717, 1.165) is 5.56 Å². The fourth-order valence-corrected chi connectivity index (χ4v) is 2.89. The second kappa shape index (κ2) is 9.64. The van der Waals surface area contributed by atoms with E-state index >= 15 is 0 Å². The molecule has 140 valence electrons. The van der Waals surface area contributed by atoms with Gasteiger partial charge in [-0.25, -0.2) is 0 Å². The Balaban J connectivity index is 1.38. The average Bonchev–Trinajstić information content (AvgIpc) is 3.14. The van der Waals surface area contributed by atoms with Gasteiger partial charge >= 0.3 is 0 Å². The third-order valence-corrected chi connectivity index (χ3v) is 4.65. The molecule has 0 aliphatic rings. The molecule has 0 radical (unpaired) electrons. The zero-order valence-corrected chi connectivity index (χ0v) is 16.4. The number of nitrogens with one attached hydrogen (secondary N) is 1. The van der Waals surface area contributed by atoms with E-state index in [4.69, 9.17) is 32.4 Å². The standard InChI is InChI=1S/C18H15Cl2N3O3S/c19-13-3-1-12(2-4-13)17-22-23-18(26-17)27-11-16(24)21-9-10-25-15-7-5-14(20)6-8-15/h1-8H,9-11H2,(H,21,24). The zero-order chi connectivity index (χ0) is 19.1. The molecule has 1 N–H and O–H groups in total. The van der Waals surface area contributed by atoms with Crippen molar-refractivity contribution in [2.24, 2.45) is 0 Å². The lowest BCUT2D eigenvalue weighted by Gasteiger charge is -2.07. The van der Waals surface area contributed by atoms with Gasteiger partial charge in [0.05, 0.1) is 12.3 Å². The highest BCUT2D eigenvalue weighted by Gasteiger charge is 2.11. The Morgan fingerprint density at radius 3 is 2.41 bits per heavy atom. The van der Waals surface area contributed by atoms with Crippen molar-refractivity contribution in [3.05, 3.63) is 58.6 Å². The summed E-state index contributed by atoms with van der Waals surface area (Å²) in [5.41, 5.74) is 0.766. The van der Waals surface area contributed by atoms with Crippen LogP contribution in [0.2, 0.25) is 10.0 Å². The summed E-state index contributed by atoms with van der Waals surface area (Å²) in [7, 11) is 0. The van der Waals surface area contributed by atoms with Gasteiger partial charge in [0.2, 0.25) is 11.8 Å². The number of carbonyl (C=O) groups excluding carboxylic acids is 1. The van der Waals surface area contributed by atoms with Gasteiger partial charge in [-0.3, -0.25) is 4.79 Å². The van der Waals surface area contributed by atoms with Gasteiger partial charge in [0, 0.05) is 15.6 Å². The van der Waals surface area contributed by atoms with Crippen LogP contribution in [0.3, 0.4) is 0 Å². The molecule has 6 nitrogen and oxygen atoms in total. The summed E-state index contributed by atoms with van der Waals surface area (Å²) in [6.07, 6.45) is 0. The van der Waals surface area contributed by atoms with Crippen molar-refractivity contribution in [3.63, 3.8) is 0 Å². The number of hydrogen-bond acceptors (Lipinski definition) is 6. The Labute approximate surface area is 170 Å². The Kier molecular flexibility index (Phi) is 6.98. The first kappa shape index (κ1) is 19.5. The molecule has 0 saturated heterocycles. The van der Waals surface area contributed by atoms with Crippen LogP contribution in [0.25, 0.3) is 11.5 Å². The van der Waals surface area contributed by atoms with Crippen molar-refractivity contribution in [3.8, 4) is 17.2 Å². The van der Waals surface area contributed by atoms with Crippen LogP contribution in [-0.4, -0.2) is 35.0 Å². The van der Waals surface area contributed by atoms with Crippen molar-refractivity contribution in [1.29, 1.82) is 0 Å². The van der Waals surface area contributed by atoms with Gasteiger partial charge in [-0.15, -0.1) is 10.2 Å². The first-order valence-electron chi connectivity index (χ1n) is 7.97. The molecule has 0 atom stereocenters. The van der Waals surface area contributed by atoms with Crippen molar-refractivity contribution < 1.29 is 13.9 Å². The predicted octanol–water partition coefficient (Wildman–Crippen LogP) is 4.33. The first-order chi connectivity index (χ1) is 13.1. The van der Waals surface area contributed by atoms with Crippen molar-refractivity contribution >= 4 is 40.9 Å². The Hall–Kier alpha value is -2.22. The number of thioether (sulfide) groups is 1. The molecule has 0 saturated carbocycles. The highest BCUT2D eigenvalue weighted by atomic mass is 35.5. The van der Waals surface area contributed by atoms with Crippen molar-refractivity contribution in [1.82, 2.24) is 15.5 Å². The summed E-state index contributed by atoms with van der Waals surface area (Å²) in [5.74, 6) is 1.10. The van der Waals surface area contributed by atoms with Gasteiger partial charge in [0.25, 0.3) is 5.22 Å². The number of rotatable bonds is 8. The third kappa shape index (κ3) is 6.16. The minimum Gasteiger partial charge on any atom is -0.492 e. The molecule has 1 heterocycles. The van der Waals surface area contributed by atoms with E-state index in [1.54, 1.807) is 48.5 Å². The number of aromatic nitrogens is 2. The number of amides is 1. The fourth-order valence-electron chi connectivity index (χ4n) is 2.05. The lowest BCUT2D eigenvalue weighted by atomic mass is 10.2. The minimum atomic E-state index is -0.147. The number of halogens is 2. The monoisotopic (exact) mass is 423 g/mol. The van der Waals surface area contributed by atoms with E-state index in [1.807, 2.05) is 0 Å². The largest absolute Gasteiger partial charge is 0.492 e. The number of ether oxygens (including phenoxy) is 1. The summed E-state index contributed by atoms with van der Waals surface area (Å²) in [6, 6.07) is 14.1. The van der Waals surface area contributed by atoms with Crippen molar-refractivity contribution in [2.45, 2.75) is 5.22 Å². The molecule has 0 aliphatic carbocycles. The highest BCUT2D eigenvalue weighted by molar-refractivity contribution is 7.99. The number of carbonyl (C=O) groups is 1. The van der Waals surface area contributed by atoms with Crippen LogP contribution in [0.5, 0.6) is 5.75 Å². The molecule has 9 heteroatoms. The van der Waals surface area contributed by atoms with E-state index in [9.17, 15) is 4.79 Å². The van der Waals surface area contributed by atoms with Crippen LogP contribution in [0.1, 0.15) is 0 Å². The average molecular weight is 424 g/mol. The molecule has 0 bridgehead atoms. The van der Waals surface area contributed by atoms with E-state index < -0.39 is 0 Å². The molecule has 1 aromatic heterocycles. The first-order valence-corrected chi connectivity index (χ1v) is 9.71. The maximum absolute atomic E-state index is 11.9. The second-order valence-electron chi connectivity index (χ2n) is 5.32. The van der Waals surface area contributed by atoms with Crippen LogP contribution in [-0.2, 0) is 4.79 Å². The fraction of sp³-hybridized carbons (Fsp3) is 0.167. The zero-order valence-electron chi connectivity index (χ0n) is 14.0. The molecular formula is C18H15Cl2N3O3S. The van der Waals surface area contributed by atoms with Crippen LogP contribution in [0.15, 0.2) is 58.2 Å². The Bertz CT molecular complexity index is 886. The second-order valence-corrected chi connectivity index (χ2v) is 7.12. The van der Waals surface area contributed by atoms with Crippen LogP contribution >= 0.6 is 35.0 Å². The van der Waals surface area contributed by atoms with Gasteiger partial charge in [-0.1, -0.05) is 35.0 Å². The Morgan fingerprint density at radius 2 is 1.70 bits per heavy atom. The van der Waals surface area contributed by atoms with E-state index in [-0.39, 0.29) is 11.7 Å². The van der Waals surface area contributed by atoms with Crippen LogP contribution in [0.4, 0.5) is 0 Å². The molecule has 3 aromatic rings. The molecule has 0 fully saturated rings. The number of benzene rings is 2. The van der Waals surface area contributed by atoms with E-state index in [2.05, 4.69) is 15.5 Å². The maximum Gasteiger partial charge on any atom is 0.277 e. The Morgan fingerprint density at radius 1 is 1.04 bits per heavy atom. The maximum atomic E-state index is 11.9. The number of nitrogens with zero attached hydrogens (tertiary/aromatic N) is 2. The van der Waals surface area contributed by atoms with Gasteiger partial charge < -0.3 is 14.5 Å². The third-order valence-electron chi connectivity index (χ3n) is 3.33. The molecule has 0 unspecified atom stereocenters. The van der Waals surface area contributed by atoms with Crippen LogP contribution < -0.4 is 10.1 Å². The van der Waals surface area contributed by atoms with Gasteiger partial charge in [0.1, 0.15) is 12.4 Å². The quantitative estimate of drug-likeness (QED) is 0.429. The molecule has 0 spiro atoms. The van der Waals surface area contributed by atoms with E-state index in [1.165, 1.54) is 11.8 Å².